The molecule has 0 aliphatic heterocycles. The fourth-order valence-electron chi connectivity index (χ4n) is 2.14. The number of nitrogens with one attached hydrogen (secondary N) is 2. The highest BCUT2D eigenvalue weighted by Gasteiger charge is 2.15. The van der Waals surface area contributed by atoms with Gasteiger partial charge >= 0.3 is 0 Å². The van der Waals surface area contributed by atoms with E-state index in [2.05, 4.69) is 15.0 Å². The van der Waals surface area contributed by atoms with Crippen LogP contribution < -0.4 is 10.0 Å². The van der Waals surface area contributed by atoms with Gasteiger partial charge in [-0.25, -0.2) is 18.1 Å². The zero-order valence-electron chi connectivity index (χ0n) is 13.7. The van der Waals surface area contributed by atoms with E-state index in [-0.39, 0.29) is 24.5 Å². The number of hydrogen-bond donors (Lipinski definition) is 2. The standard InChI is InChI=1S/C17H17N3O4S2/c21-16(14-12-25-17(20-14)15-7-4-9-24-15)18-8-10-26(22,23)19-11-13-5-2-1-3-6-13/h1-7,9,12,19H,8,10-11H2,(H,18,21). The van der Waals surface area contributed by atoms with Crippen molar-refractivity contribution >= 4 is 27.3 Å². The Labute approximate surface area is 155 Å². The highest BCUT2D eigenvalue weighted by molar-refractivity contribution is 7.89. The average Bonchev–Trinajstić information content (AvgIpc) is 3.32. The minimum atomic E-state index is -3.49. The average molecular weight is 391 g/mol. The zero-order valence-corrected chi connectivity index (χ0v) is 15.3. The van der Waals surface area contributed by atoms with Crippen molar-refractivity contribution in [2.75, 3.05) is 12.3 Å². The summed E-state index contributed by atoms with van der Waals surface area (Å²) in [5.41, 5.74) is 1.10. The van der Waals surface area contributed by atoms with Crippen molar-refractivity contribution in [3.05, 3.63) is 65.4 Å². The van der Waals surface area contributed by atoms with Crippen molar-refractivity contribution < 1.29 is 17.6 Å². The van der Waals surface area contributed by atoms with Gasteiger partial charge in [0, 0.05) is 18.5 Å². The number of rotatable bonds is 8. The highest BCUT2D eigenvalue weighted by Crippen LogP contribution is 2.23. The number of hydrogen-bond acceptors (Lipinski definition) is 6. The van der Waals surface area contributed by atoms with Crippen LogP contribution in [0.4, 0.5) is 0 Å². The minimum absolute atomic E-state index is 0.00340. The van der Waals surface area contributed by atoms with Crippen LogP contribution in [0.1, 0.15) is 16.1 Å². The number of amides is 1. The molecule has 0 bridgehead atoms. The maximum Gasteiger partial charge on any atom is 0.270 e. The molecule has 0 radical (unpaired) electrons. The summed E-state index contributed by atoms with van der Waals surface area (Å²) in [6.45, 7) is 0.215. The number of thiazole rings is 1. The number of nitrogens with zero attached hydrogens (tertiary/aromatic N) is 1. The molecule has 0 aliphatic rings. The van der Waals surface area contributed by atoms with Gasteiger partial charge in [-0.1, -0.05) is 30.3 Å². The summed E-state index contributed by atoms with van der Waals surface area (Å²) >= 11 is 1.28. The van der Waals surface area contributed by atoms with Crippen molar-refractivity contribution in [3.63, 3.8) is 0 Å². The molecule has 0 atom stereocenters. The van der Waals surface area contributed by atoms with E-state index in [1.54, 1.807) is 17.5 Å². The van der Waals surface area contributed by atoms with Gasteiger partial charge in [0.2, 0.25) is 10.0 Å². The van der Waals surface area contributed by atoms with Crippen LogP contribution in [0, 0.1) is 0 Å². The lowest BCUT2D eigenvalue weighted by molar-refractivity contribution is 0.0952. The summed E-state index contributed by atoms with van der Waals surface area (Å²) in [4.78, 5) is 16.3. The van der Waals surface area contributed by atoms with Gasteiger partial charge in [-0.15, -0.1) is 11.3 Å². The fraction of sp³-hybridized carbons (Fsp3) is 0.176. The predicted molar refractivity (Wildman–Crippen MR) is 99.2 cm³/mol. The molecule has 3 aromatic rings. The van der Waals surface area contributed by atoms with Crippen LogP contribution in [0.15, 0.2) is 58.5 Å². The molecule has 9 heteroatoms. The van der Waals surface area contributed by atoms with Crippen molar-refractivity contribution in [3.8, 4) is 10.8 Å². The number of sulfonamides is 1. The summed E-state index contributed by atoms with van der Waals surface area (Å²) < 4.78 is 31.7. The minimum Gasteiger partial charge on any atom is -0.462 e. The normalized spacial score (nSPS) is 11.4. The monoisotopic (exact) mass is 391 g/mol. The van der Waals surface area contributed by atoms with E-state index in [9.17, 15) is 13.2 Å². The fourth-order valence-corrected chi connectivity index (χ4v) is 3.81. The van der Waals surface area contributed by atoms with Gasteiger partial charge in [0.15, 0.2) is 10.8 Å². The number of carbonyl (C=O) groups is 1. The second-order valence-corrected chi connectivity index (χ2v) is 8.18. The summed E-state index contributed by atoms with van der Waals surface area (Å²) in [7, 11) is -3.49. The first-order valence-corrected chi connectivity index (χ1v) is 10.4. The predicted octanol–water partition coefficient (Wildman–Crippen LogP) is 2.25. The number of aromatic nitrogens is 1. The molecule has 1 aromatic carbocycles. The van der Waals surface area contributed by atoms with Gasteiger partial charge in [0.25, 0.3) is 5.91 Å². The first kappa shape index (κ1) is 18.3. The van der Waals surface area contributed by atoms with Crippen molar-refractivity contribution in [2.45, 2.75) is 6.54 Å². The lowest BCUT2D eigenvalue weighted by Crippen LogP contribution is -2.34. The van der Waals surface area contributed by atoms with Crippen LogP contribution in [0.2, 0.25) is 0 Å². The van der Waals surface area contributed by atoms with E-state index in [1.807, 2.05) is 30.3 Å². The van der Waals surface area contributed by atoms with E-state index in [1.165, 1.54) is 17.6 Å². The van der Waals surface area contributed by atoms with Crippen LogP contribution in [-0.2, 0) is 16.6 Å². The smallest absolute Gasteiger partial charge is 0.270 e. The molecule has 0 fully saturated rings. The topological polar surface area (TPSA) is 101 Å². The summed E-state index contributed by atoms with van der Waals surface area (Å²) in [6.07, 6.45) is 1.53. The van der Waals surface area contributed by atoms with Crippen LogP contribution in [-0.4, -0.2) is 31.6 Å². The summed E-state index contributed by atoms with van der Waals surface area (Å²) in [5, 5.41) is 4.77. The van der Waals surface area contributed by atoms with Gasteiger partial charge in [-0.2, -0.15) is 0 Å². The van der Waals surface area contributed by atoms with Crippen LogP contribution >= 0.6 is 11.3 Å². The molecule has 1 amide bonds. The Kier molecular flexibility index (Phi) is 5.82. The first-order valence-electron chi connectivity index (χ1n) is 7.82. The summed E-state index contributed by atoms with van der Waals surface area (Å²) in [6, 6.07) is 12.7. The second-order valence-electron chi connectivity index (χ2n) is 5.40. The third-order valence-electron chi connectivity index (χ3n) is 3.46. The molecule has 3 rings (SSSR count). The van der Waals surface area contributed by atoms with Gasteiger partial charge in [0.1, 0.15) is 5.69 Å². The van der Waals surface area contributed by atoms with E-state index < -0.39 is 15.9 Å². The Morgan fingerprint density at radius 3 is 2.69 bits per heavy atom. The molecule has 2 heterocycles. The van der Waals surface area contributed by atoms with Crippen molar-refractivity contribution in [1.29, 1.82) is 0 Å². The molecule has 0 spiro atoms. The third kappa shape index (κ3) is 5.01. The van der Waals surface area contributed by atoms with Crippen molar-refractivity contribution in [1.82, 2.24) is 15.0 Å². The Hall–Kier alpha value is -2.49. The highest BCUT2D eigenvalue weighted by atomic mass is 32.2. The van der Waals surface area contributed by atoms with E-state index in [4.69, 9.17) is 4.42 Å². The van der Waals surface area contributed by atoms with Gasteiger partial charge < -0.3 is 9.73 Å². The maximum absolute atomic E-state index is 12.1. The molecule has 26 heavy (non-hydrogen) atoms. The van der Waals surface area contributed by atoms with Crippen molar-refractivity contribution in [2.24, 2.45) is 0 Å². The Morgan fingerprint density at radius 1 is 1.15 bits per heavy atom. The van der Waals surface area contributed by atoms with Gasteiger partial charge in [-0.3, -0.25) is 4.79 Å². The van der Waals surface area contributed by atoms with Crippen LogP contribution in [0.5, 0.6) is 0 Å². The number of carbonyl (C=O) groups excluding carboxylic acids is 1. The lowest BCUT2D eigenvalue weighted by Gasteiger charge is -2.07. The molecule has 0 saturated heterocycles. The Morgan fingerprint density at radius 2 is 1.96 bits per heavy atom. The molecule has 0 saturated carbocycles. The molecular formula is C17H17N3O4S2. The quantitative estimate of drug-likeness (QED) is 0.613. The number of furan rings is 1. The molecule has 0 unspecified atom stereocenters. The van der Waals surface area contributed by atoms with Crippen LogP contribution in [0.3, 0.4) is 0 Å². The lowest BCUT2D eigenvalue weighted by atomic mass is 10.2. The van der Waals surface area contributed by atoms with Gasteiger partial charge in [0.05, 0.1) is 12.0 Å². The second kappa shape index (κ2) is 8.26. The van der Waals surface area contributed by atoms with Crippen LogP contribution in [0.25, 0.3) is 10.8 Å². The van der Waals surface area contributed by atoms with Gasteiger partial charge in [-0.05, 0) is 17.7 Å². The Balaban J connectivity index is 1.47. The maximum atomic E-state index is 12.1. The molecule has 7 nitrogen and oxygen atoms in total. The summed E-state index contributed by atoms with van der Waals surface area (Å²) in [5.74, 6) is -0.0418. The van der Waals surface area contributed by atoms with E-state index in [0.717, 1.165) is 5.56 Å². The SMILES string of the molecule is O=C(NCCS(=O)(=O)NCc1ccccc1)c1csc(-c2ccco2)n1. The molecule has 0 aliphatic carbocycles. The molecule has 136 valence electrons. The first-order chi connectivity index (χ1) is 12.5. The third-order valence-corrected chi connectivity index (χ3v) is 5.65. The Bertz CT molecular complexity index is 951. The largest absolute Gasteiger partial charge is 0.462 e. The molecule has 2 N–H and O–H groups in total. The number of benzene rings is 1. The van der Waals surface area contributed by atoms with E-state index in [0.29, 0.717) is 10.8 Å². The molecular weight excluding hydrogens is 374 g/mol. The zero-order chi connectivity index (χ0) is 18.4. The van der Waals surface area contributed by atoms with E-state index >= 15 is 0 Å². The molecule has 2 aromatic heterocycles.